The second-order valence-electron chi connectivity index (χ2n) is 16.0. The maximum Gasteiger partial charge on any atom is 0.409 e. The van der Waals surface area contributed by atoms with Crippen LogP contribution in [0, 0.1) is 5.92 Å². The largest absolute Gasteiger partial charge is 0.495 e. The number of nitrogens with zero attached hydrogens (tertiary/aromatic N) is 2. The molecular formula is C43H60ClN3O15S2. The van der Waals surface area contributed by atoms with E-state index in [0.717, 1.165) is 21.9 Å². The standard InChI is InChI=1S/C43H60ClN3O15S2/c1-24-12-11-13-32(57-10)43(54)22-31(60-41(53)45-43)25(2)38-42(5,62-38)33(21-35(49)47(7)29-19-28(18-24)20-30(56-9)37(29)44)61-39(51)26(3)46(6)34(48)14-17-63-64-23-36(50)59-27(4)40(52)58-16-15-55-8/h11-13,19-20,25-27,31-33,38,54H,14-18,21-23H2,1-10H3,(H,45,53)/b13-11+,24-12+. The number of ether oxygens (including phenoxy) is 8. The summed E-state index contributed by atoms with van der Waals surface area (Å²) >= 11 is 6.78. The fourth-order valence-corrected chi connectivity index (χ4v) is 9.37. The molecule has 3 amide bonds. The van der Waals surface area contributed by atoms with E-state index in [1.54, 1.807) is 45.2 Å². The number of hydrogen-bond acceptors (Lipinski definition) is 17. The van der Waals surface area contributed by atoms with Gasteiger partial charge in [0.05, 0.1) is 31.9 Å². The van der Waals surface area contributed by atoms with Crippen molar-refractivity contribution in [2.75, 3.05) is 65.0 Å². The maximum atomic E-state index is 14.2. The lowest BCUT2D eigenvalue weighted by Crippen LogP contribution is -2.63. The van der Waals surface area contributed by atoms with Crippen molar-refractivity contribution < 1.29 is 71.8 Å². The summed E-state index contributed by atoms with van der Waals surface area (Å²) < 4.78 is 44.1. The monoisotopic (exact) mass is 957 g/mol. The van der Waals surface area contributed by atoms with Gasteiger partial charge in [0, 0.05) is 52.8 Å². The SMILES string of the molecule is COCCOC(=O)C(C)OC(=O)CSSCCC(=O)N(C)C(C)C(=O)OC1CC(=O)N(C)c2cc(cc(OC)c2Cl)C/C(C)=C/C=C/C(OC)C2(O)CC(OC(=O)N2)C(C)C2OC12C. The Hall–Kier alpha value is -4.05. The molecule has 0 radical (unpaired) electrons. The van der Waals surface area contributed by atoms with Crippen LogP contribution in [0.5, 0.6) is 5.75 Å². The van der Waals surface area contributed by atoms with Crippen LogP contribution in [0.2, 0.25) is 5.02 Å². The Balaban J connectivity index is 1.51. The number of benzene rings is 1. The zero-order valence-electron chi connectivity index (χ0n) is 37.8. The highest BCUT2D eigenvalue weighted by atomic mass is 35.5. The Morgan fingerprint density at radius 1 is 1.11 bits per heavy atom. The highest BCUT2D eigenvalue weighted by Crippen LogP contribution is 2.49. The van der Waals surface area contributed by atoms with Crippen molar-refractivity contribution in [3.63, 3.8) is 0 Å². The average Bonchev–Trinajstić information content (AvgIpc) is 3.95. The van der Waals surface area contributed by atoms with Crippen molar-refractivity contribution >= 4 is 74.7 Å². The van der Waals surface area contributed by atoms with Crippen LogP contribution in [0.25, 0.3) is 0 Å². The van der Waals surface area contributed by atoms with Gasteiger partial charge >= 0.3 is 24.0 Å². The van der Waals surface area contributed by atoms with Gasteiger partial charge in [0.2, 0.25) is 11.8 Å². The molecule has 1 aromatic rings. The fourth-order valence-electron chi connectivity index (χ4n) is 7.29. The van der Waals surface area contributed by atoms with Crippen molar-refractivity contribution in [2.45, 2.75) is 108 Å². The summed E-state index contributed by atoms with van der Waals surface area (Å²) in [5, 5.41) is 14.5. The van der Waals surface area contributed by atoms with Crippen LogP contribution < -0.4 is 15.0 Å². The summed E-state index contributed by atoms with van der Waals surface area (Å²) in [6.45, 7) is 8.50. The lowest BCUT2D eigenvalue weighted by molar-refractivity contribution is -0.165. The molecule has 2 N–H and O–H groups in total. The summed E-state index contributed by atoms with van der Waals surface area (Å²) in [4.78, 5) is 81.1. The Labute approximate surface area is 386 Å². The molecule has 21 heteroatoms. The minimum absolute atomic E-state index is 0.00974. The number of esters is 3. The summed E-state index contributed by atoms with van der Waals surface area (Å²) in [5.41, 5.74) is -1.12. The molecule has 4 rings (SSSR count). The van der Waals surface area contributed by atoms with Crippen molar-refractivity contribution in [1.82, 2.24) is 10.2 Å². The third kappa shape index (κ3) is 13.5. The highest BCUT2D eigenvalue weighted by molar-refractivity contribution is 8.76. The van der Waals surface area contributed by atoms with Crippen LogP contribution in [0.15, 0.2) is 35.9 Å². The van der Waals surface area contributed by atoms with Gasteiger partial charge in [0.15, 0.2) is 11.8 Å². The predicted molar refractivity (Wildman–Crippen MR) is 239 cm³/mol. The number of aliphatic hydroxyl groups is 1. The van der Waals surface area contributed by atoms with Gasteiger partial charge in [-0.05, 0) is 51.8 Å². The van der Waals surface area contributed by atoms with E-state index in [-0.39, 0.29) is 54.9 Å². The minimum atomic E-state index is -1.87. The fraction of sp³-hybridized carbons (Fsp3) is 0.628. The lowest BCUT2D eigenvalue weighted by atomic mass is 9.83. The highest BCUT2D eigenvalue weighted by Gasteiger charge is 2.64. The number of fused-ring (bicyclic) bond motifs is 5. The summed E-state index contributed by atoms with van der Waals surface area (Å²) in [5.74, 6) is -3.04. The third-order valence-corrected chi connectivity index (χ3v) is 14.0. The van der Waals surface area contributed by atoms with Gasteiger partial charge in [-0.1, -0.05) is 63.9 Å². The molecule has 18 nitrogen and oxygen atoms in total. The molecule has 356 valence electrons. The van der Waals surface area contributed by atoms with Gasteiger partial charge in [-0.15, -0.1) is 0 Å². The molecule has 1 aromatic carbocycles. The van der Waals surface area contributed by atoms with Gasteiger partial charge in [0.1, 0.15) is 53.1 Å². The van der Waals surface area contributed by atoms with E-state index < -0.39 is 83.7 Å². The van der Waals surface area contributed by atoms with E-state index in [1.165, 1.54) is 62.8 Å². The average molecular weight is 959 g/mol. The van der Waals surface area contributed by atoms with Crippen molar-refractivity contribution in [3.05, 3.63) is 46.5 Å². The first-order chi connectivity index (χ1) is 30.2. The number of alkyl carbamates (subject to hydrolysis) is 1. The first-order valence-electron chi connectivity index (χ1n) is 20.6. The smallest absolute Gasteiger partial charge is 0.409 e. The molecule has 3 aliphatic rings. The number of rotatable bonds is 16. The Morgan fingerprint density at radius 2 is 1.83 bits per heavy atom. The van der Waals surface area contributed by atoms with Gasteiger partial charge in [0.25, 0.3) is 0 Å². The van der Waals surface area contributed by atoms with Gasteiger partial charge in [-0.25, -0.2) is 14.4 Å². The van der Waals surface area contributed by atoms with E-state index in [9.17, 15) is 33.9 Å². The van der Waals surface area contributed by atoms with E-state index in [4.69, 9.17) is 49.5 Å². The molecule has 0 aliphatic carbocycles. The number of nitrogens with one attached hydrogen (secondary N) is 1. The van der Waals surface area contributed by atoms with Crippen LogP contribution in [0.4, 0.5) is 10.5 Å². The van der Waals surface area contributed by atoms with E-state index in [0.29, 0.717) is 17.9 Å². The van der Waals surface area contributed by atoms with Gasteiger partial charge in [-0.2, -0.15) is 0 Å². The van der Waals surface area contributed by atoms with Crippen LogP contribution >= 0.6 is 33.2 Å². The van der Waals surface area contributed by atoms with Crippen LogP contribution in [0.3, 0.4) is 0 Å². The van der Waals surface area contributed by atoms with Crippen LogP contribution in [0.1, 0.15) is 59.4 Å². The van der Waals surface area contributed by atoms with Gasteiger partial charge < -0.3 is 52.8 Å². The Morgan fingerprint density at radius 3 is 2.50 bits per heavy atom. The number of methoxy groups -OCH3 is 3. The van der Waals surface area contributed by atoms with E-state index >= 15 is 0 Å². The van der Waals surface area contributed by atoms with Crippen molar-refractivity contribution in [3.8, 4) is 5.75 Å². The number of anilines is 1. The first kappa shape index (κ1) is 52.6. The molecule has 64 heavy (non-hydrogen) atoms. The van der Waals surface area contributed by atoms with Crippen molar-refractivity contribution in [1.29, 1.82) is 0 Å². The Kier molecular flexibility index (Phi) is 19.2. The van der Waals surface area contributed by atoms with E-state index in [2.05, 4.69) is 5.32 Å². The Bertz CT molecular complexity index is 1940. The quantitative estimate of drug-likeness (QED) is 0.0771. The second-order valence-corrected chi connectivity index (χ2v) is 19.0. The molecule has 9 atom stereocenters. The summed E-state index contributed by atoms with van der Waals surface area (Å²) in [6, 6.07) is 2.44. The molecule has 4 bridgehead atoms. The van der Waals surface area contributed by atoms with Gasteiger partial charge in [-0.3, -0.25) is 19.7 Å². The number of allylic oxidation sites excluding steroid dienone is 3. The molecule has 0 aromatic heterocycles. The summed E-state index contributed by atoms with van der Waals surface area (Å²) in [6.07, 6.45) is -0.580. The maximum absolute atomic E-state index is 14.2. The second kappa shape index (κ2) is 23.4. The number of hydrogen-bond donors (Lipinski definition) is 2. The topological polar surface area (TPSA) is 218 Å². The zero-order chi connectivity index (χ0) is 47.5. The molecule has 3 aliphatic heterocycles. The molecular weight excluding hydrogens is 898 g/mol. The lowest BCUT2D eigenvalue weighted by Gasteiger charge is -2.42. The first-order valence-corrected chi connectivity index (χ1v) is 23.5. The number of likely N-dealkylation sites (N-methyl/N-ethyl adjacent to an activating group) is 1. The van der Waals surface area contributed by atoms with E-state index in [1.807, 2.05) is 13.0 Å². The summed E-state index contributed by atoms with van der Waals surface area (Å²) in [7, 11) is 9.73. The molecule has 9 unspecified atom stereocenters. The number of epoxide rings is 1. The number of carbonyl (C=O) groups excluding carboxylic acids is 6. The number of halogens is 1. The van der Waals surface area contributed by atoms with Crippen LogP contribution in [-0.2, 0) is 63.6 Å². The predicted octanol–water partition coefficient (Wildman–Crippen LogP) is 4.41. The molecule has 0 saturated carbocycles. The third-order valence-electron chi connectivity index (χ3n) is 11.4. The molecule has 3 heterocycles. The number of carbonyl (C=O) groups is 6. The number of amides is 3. The normalized spacial score (nSPS) is 28.2. The van der Waals surface area contributed by atoms with Crippen LogP contribution in [-0.4, -0.2) is 154 Å². The minimum Gasteiger partial charge on any atom is -0.495 e. The molecule has 2 fully saturated rings. The molecule has 0 spiro atoms. The zero-order valence-corrected chi connectivity index (χ0v) is 40.2. The molecule has 2 saturated heterocycles. The van der Waals surface area contributed by atoms with Crippen molar-refractivity contribution in [2.24, 2.45) is 5.92 Å².